The standard InChI is InChI=1S/C31H28BrCl2N3O5S/c1-3-22-9-7-8-12-28(22)37(43(39,40)25-10-5-4-6-11-25)19-30(38)36-35-18-21-15-26(32)31(29(16-21)41-2)42-20-23-13-14-24(33)17-27(23)34/h4-18H,3,19-20H2,1-2H3,(H,36,38)/b35-18-. The Morgan fingerprint density at radius 1 is 1.00 bits per heavy atom. The molecular weight excluding hydrogens is 677 g/mol. The maximum Gasteiger partial charge on any atom is 0.264 e. The first-order chi connectivity index (χ1) is 20.6. The monoisotopic (exact) mass is 703 g/mol. The summed E-state index contributed by atoms with van der Waals surface area (Å²) in [7, 11) is -2.54. The van der Waals surface area contributed by atoms with E-state index < -0.39 is 22.5 Å². The number of nitrogens with one attached hydrogen (secondary N) is 1. The molecule has 12 heteroatoms. The number of para-hydroxylation sites is 1. The van der Waals surface area contributed by atoms with Gasteiger partial charge in [0.15, 0.2) is 11.5 Å². The number of methoxy groups -OCH3 is 1. The van der Waals surface area contributed by atoms with Gasteiger partial charge in [0.2, 0.25) is 0 Å². The van der Waals surface area contributed by atoms with Gasteiger partial charge in [0.05, 0.1) is 28.4 Å². The molecule has 224 valence electrons. The molecule has 0 aromatic heterocycles. The molecule has 0 radical (unpaired) electrons. The summed E-state index contributed by atoms with van der Waals surface area (Å²) in [5.74, 6) is 0.252. The average Bonchev–Trinajstić information content (AvgIpc) is 3.00. The van der Waals surface area contributed by atoms with Gasteiger partial charge >= 0.3 is 0 Å². The van der Waals surface area contributed by atoms with Gasteiger partial charge in [0.1, 0.15) is 13.2 Å². The number of halogens is 3. The van der Waals surface area contributed by atoms with Crippen molar-refractivity contribution in [1.29, 1.82) is 0 Å². The van der Waals surface area contributed by atoms with E-state index in [0.717, 1.165) is 15.4 Å². The van der Waals surface area contributed by atoms with Crippen LogP contribution in [0.25, 0.3) is 0 Å². The summed E-state index contributed by atoms with van der Waals surface area (Å²) in [6.07, 6.45) is 2.00. The topological polar surface area (TPSA) is 97.3 Å². The van der Waals surface area contributed by atoms with Gasteiger partial charge in [-0.25, -0.2) is 13.8 Å². The second kappa shape index (κ2) is 14.7. The van der Waals surface area contributed by atoms with Crippen LogP contribution in [0.2, 0.25) is 10.0 Å². The van der Waals surface area contributed by atoms with Crippen molar-refractivity contribution >= 4 is 67.0 Å². The zero-order chi connectivity index (χ0) is 31.0. The molecule has 4 rings (SSSR count). The third-order valence-electron chi connectivity index (χ3n) is 6.30. The SMILES string of the molecule is CCc1ccccc1N(CC(=O)N/N=C\c1cc(Br)c(OCc2ccc(Cl)cc2Cl)c(OC)c1)S(=O)(=O)c1ccccc1. The van der Waals surface area contributed by atoms with Gasteiger partial charge in [-0.05, 0) is 75.9 Å². The van der Waals surface area contributed by atoms with Gasteiger partial charge in [-0.2, -0.15) is 5.10 Å². The van der Waals surface area contributed by atoms with E-state index in [0.29, 0.717) is 43.7 Å². The molecule has 0 unspecified atom stereocenters. The maximum absolute atomic E-state index is 13.6. The van der Waals surface area contributed by atoms with E-state index in [2.05, 4.69) is 26.5 Å². The van der Waals surface area contributed by atoms with Crippen LogP contribution in [-0.2, 0) is 27.8 Å². The Balaban J connectivity index is 1.50. The second-order valence-electron chi connectivity index (χ2n) is 9.16. The van der Waals surface area contributed by atoms with E-state index in [-0.39, 0.29) is 11.5 Å². The van der Waals surface area contributed by atoms with Crippen LogP contribution in [0.15, 0.2) is 99.4 Å². The molecular formula is C31H28BrCl2N3O5S. The van der Waals surface area contributed by atoms with Gasteiger partial charge in [-0.1, -0.05) is 72.6 Å². The minimum absolute atomic E-state index is 0.0785. The molecule has 0 aliphatic carbocycles. The summed E-state index contributed by atoms with van der Waals surface area (Å²) in [6.45, 7) is 1.63. The second-order valence-corrected chi connectivity index (χ2v) is 12.7. The van der Waals surface area contributed by atoms with Crippen molar-refractivity contribution in [2.45, 2.75) is 24.8 Å². The van der Waals surface area contributed by atoms with Crippen LogP contribution in [0.1, 0.15) is 23.6 Å². The summed E-state index contributed by atoms with van der Waals surface area (Å²) >= 11 is 15.7. The summed E-state index contributed by atoms with van der Waals surface area (Å²) in [4.78, 5) is 13.1. The van der Waals surface area contributed by atoms with E-state index >= 15 is 0 Å². The average molecular weight is 705 g/mol. The van der Waals surface area contributed by atoms with Crippen molar-refractivity contribution in [3.8, 4) is 11.5 Å². The van der Waals surface area contributed by atoms with E-state index in [4.69, 9.17) is 32.7 Å². The molecule has 0 spiro atoms. The van der Waals surface area contributed by atoms with Crippen molar-refractivity contribution in [1.82, 2.24) is 5.43 Å². The molecule has 4 aromatic carbocycles. The number of sulfonamides is 1. The molecule has 4 aromatic rings. The quantitative estimate of drug-likeness (QED) is 0.124. The van der Waals surface area contributed by atoms with Crippen LogP contribution in [0.3, 0.4) is 0 Å². The summed E-state index contributed by atoms with van der Waals surface area (Å²) in [5, 5.41) is 5.06. The predicted octanol–water partition coefficient (Wildman–Crippen LogP) is 7.25. The molecule has 0 aliphatic rings. The van der Waals surface area contributed by atoms with Crippen LogP contribution in [0.5, 0.6) is 11.5 Å². The molecule has 0 heterocycles. The lowest BCUT2D eigenvalue weighted by Crippen LogP contribution is -2.40. The van der Waals surface area contributed by atoms with Crippen LogP contribution in [-0.4, -0.2) is 34.2 Å². The maximum atomic E-state index is 13.6. The third-order valence-corrected chi connectivity index (χ3v) is 9.25. The zero-order valence-electron chi connectivity index (χ0n) is 23.3. The lowest BCUT2D eigenvalue weighted by atomic mass is 10.1. The van der Waals surface area contributed by atoms with E-state index in [9.17, 15) is 13.2 Å². The number of hydrogen-bond donors (Lipinski definition) is 1. The fourth-order valence-electron chi connectivity index (χ4n) is 4.16. The third kappa shape index (κ3) is 8.08. The van der Waals surface area contributed by atoms with Crippen molar-refractivity contribution in [2.24, 2.45) is 5.10 Å². The normalized spacial score (nSPS) is 11.4. The number of nitrogens with zero attached hydrogens (tertiary/aromatic N) is 2. The number of anilines is 1. The number of hydrazone groups is 1. The molecule has 0 atom stereocenters. The van der Waals surface area contributed by atoms with E-state index in [1.807, 2.05) is 19.1 Å². The number of carbonyl (C=O) groups is 1. The number of aryl methyl sites for hydroxylation is 1. The van der Waals surface area contributed by atoms with Crippen molar-refractivity contribution in [3.05, 3.63) is 116 Å². The summed E-state index contributed by atoms with van der Waals surface area (Å²) in [5.41, 5.74) is 4.99. The lowest BCUT2D eigenvalue weighted by Gasteiger charge is -2.25. The Bertz CT molecular complexity index is 1740. The van der Waals surface area contributed by atoms with E-state index in [1.165, 1.54) is 25.5 Å². The Labute approximate surface area is 269 Å². The molecule has 0 aliphatic heterocycles. The van der Waals surface area contributed by atoms with Crippen LogP contribution >= 0.6 is 39.1 Å². The highest BCUT2D eigenvalue weighted by Crippen LogP contribution is 2.37. The molecule has 0 saturated carbocycles. The molecule has 1 N–H and O–H groups in total. The summed E-state index contributed by atoms with van der Waals surface area (Å²) in [6, 6.07) is 23.6. The molecule has 0 bridgehead atoms. The van der Waals surface area contributed by atoms with Crippen LogP contribution < -0.4 is 19.2 Å². The summed E-state index contributed by atoms with van der Waals surface area (Å²) < 4.78 is 40.4. The van der Waals surface area contributed by atoms with Crippen LogP contribution in [0.4, 0.5) is 5.69 Å². The van der Waals surface area contributed by atoms with Gasteiger partial charge in [-0.15, -0.1) is 0 Å². The van der Waals surface area contributed by atoms with Gasteiger partial charge in [0.25, 0.3) is 15.9 Å². The predicted molar refractivity (Wildman–Crippen MR) is 174 cm³/mol. The van der Waals surface area contributed by atoms with Crippen LogP contribution in [0, 0.1) is 0 Å². The van der Waals surface area contributed by atoms with Gasteiger partial charge in [0, 0.05) is 15.6 Å². The Kier molecular flexibility index (Phi) is 11.1. The number of rotatable bonds is 12. The lowest BCUT2D eigenvalue weighted by molar-refractivity contribution is -0.119. The van der Waals surface area contributed by atoms with Gasteiger partial charge < -0.3 is 9.47 Å². The number of ether oxygens (including phenoxy) is 2. The van der Waals surface area contributed by atoms with Crippen molar-refractivity contribution < 1.29 is 22.7 Å². The fourth-order valence-corrected chi connectivity index (χ4v) is 6.68. The Hall–Kier alpha value is -3.57. The molecule has 0 saturated heterocycles. The highest BCUT2D eigenvalue weighted by atomic mass is 79.9. The largest absolute Gasteiger partial charge is 0.493 e. The van der Waals surface area contributed by atoms with Crippen molar-refractivity contribution in [2.75, 3.05) is 18.0 Å². The Morgan fingerprint density at radius 2 is 1.72 bits per heavy atom. The number of amides is 1. The molecule has 0 fully saturated rings. The molecule has 1 amide bonds. The minimum Gasteiger partial charge on any atom is -0.493 e. The molecule has 43 heavy (non-hydrogen) atoms. The highest BCUT2D eigenvalue weighted by Gasteiger charge is 2.28. The van der Waals surface area contributed by atoms with E-state index in [1.54, 1.807) is 60.7 Å². The zero-order valence-corrected chi connectivity index (χ0v) is 27.2. The minimum atomic E-state index is -4.04. The first kappa shape index (κ1) is 32.3. The number of hydrogen-bond acceptors (Lipinski definition) is 6. The molecule has 8 nitrogen and oxygen atoms in total. The smallest absolute Gasteiger partial charge is 0.264 e. The fraction of sp³-hybridized carbons (Fsp3) is 0.161. The first-order valence-corrected chi connectivity index (χ1v) is 16.0. The van der Waals surface area contributed by atoms with Crippen molar-refractivity contribution in [3.63, 3.8) is 0 Å². The van der Waals surface area contributed by atoms with Gasteiger partial charge in [-0.3, -0.25) is 9.10 Å². The Morgan fingerprint density at radius 3 is 2.42 bits per heavy atom. The first-order valence-electron chi connectivity index (χ1n) is 13.1. The number of benzene rings is 4. The number of carbonyl (C=O) groups excluding carboxylic acids is 1. The highest BCUT2D eigenvalue weighted by molar-refractivity contribution is 9.10.